The summed E-state index contributed by atoms with van der Waals surface area (Å²) in [7, 11) is 0. The molecule has 0 fully saturated rings. The quantitative estimate of drug-likeness (QED) is 0.746. The summed E-state index contributed by atoms with van der Waals surface area (Å²) in [5.74, 6) is -0.293. The SMILES string of the molecule is O=C(CCl)Nc1ccsc1Cl. The molecule has 1 aromatic heterocycles. The van der Waals surface area contributed by atoms with E-state index in [4.69, 9.17) is 23.2 Å². The average Bonchev–Trinajstić information content (AvgIpc) is 2.37. The number of nitrogens with one attached hydrogen (secondary N) is 1. The molecule has 1 amide bonds. The number of anilines is 1. The number of hydrogen-bond acceptors (Lipinski definition) is 2. The number of alkyl halides is 1. The van der Waals surface area contributed by atoms with Crippen molar-refractivity contribution in [3.8, 4) is 0 Å². The van der Waals surface area contributed by atoms with Crippen LogP contribution in [0.25, 0.3) is 0 Å². The molecule has 1 N–H and O–H groups in total. The van der Waals surface area contributed by atoms with Gasteiger partial charge in [0.2, 0.25) is 5.91 Å². The summed E-state index contributed by atoms with van der Waals surface area (Å²) in [4.78, 5) is 10.7. The molecule has 1 rings (SSSR count). The van der Waals surface area contributed by atoms with Crippen molar-refractivity contribution >= 4 is 46.1 Å². The number of carbonyl (C=O) groups excluding carboxylic acids is 1. The highest BCUT2D eigenvalue weighted by Gasteiger charge is 2.04. The maximum absolute atomic E-state index is 10.7. The van der Waals surface area contributed by atoms with E-state index in [9.17, 15) is 4.79 Å². The van der Waals surface area contributed by atoms with E-state index in [1.165, 1.54) is 11.3 Å². The Hall–Kier alpha value is -0.250. The lowest BCUT2D eigenvalue weighted by atomic mass is 10.5. The standard InChI is InChI=1S/C6H5Cl2NOS/c7-3-5(10)9-4-1-2-11-6(4)8/h1-2H,3H2,(H,9,10). The summed E-state index contributed by atoms with van der Waals surface area (Å²) in [6.07, 6.45) is 0. The first-order valence-electron chi connectivity index (χ1n) is 2.83. The van der Waals surface area contributed by atoms with Gasteiger partial charge in [-0.1, -0.05) is 11.6 Å². The molecule has 0 saturated heterocycles. The van der Waals surface area contributed by atoms with E-state index in [1.54, 1.807) is 11.4 Å². The fraction of sp³-hybridized carbons (Fsp3) is 0.167. The minimum absolute atomic E-state index is 0.0494. The Labute approximate surface area is 78.1 Å². The van der Waals surface area contributed by atoms with Gasteiger partial charge >= 0.3 is 0 Å². The van der Waals surface area contributed by atoms with Crippen LogP contribution in [0.1, 0.15) is 0 Å². The smallest absolute Gasteiger partial charge is 0.239 e. The monoisotopic (exact) mass is 209 g/mol. The van der Waals surface area contributed by atoms with Crippen LogP contribution >= 0.6 is 34.5 Å². The van der Waals surface area contributed by atoms with Crippen LogP contribution in [0, 0.1) is 0 Å². The van der Waals surface area contributed by atoms with Crippen molar-refractivity contribution in [1.82, 2.24) is 0 Å². The largest absolute Gasteiger partial charge is 0.323 e. The number of amides is 1. The van der Waals surface area contributed by atoms with Gasteiger partial charge in [-0.05, 0) is 11.4 Å². The number of hydrogen-bond donors (Lipinski definition) is 1. The number of carbonyl (C=O) groups is 1. The van der Waals surface area contributed by atoms with Gasteiger partial charge in [0.15, 0.2) is 0 Å². The Morgan fingerprint density at radius 2 is 2.45 bits per heavy atom. The second-order valence-electron chi connectivity index (χ2n) is 1.79. The van der Waals surface area contributed by atoms with Gasteiger partial charge in [-0.25, -0.2) is 0 Å². The number of rotatable bonds is 2. The van der Waals surface area contributed by atoms with Gasteiger partial charge in [-0.2, -0.15) is 0 Å². The maximum Gasteiger partial charge on any atom is 0.239 e. The topological polar surface area (TPSA) is 29.1 Å². The van der Waals surface area contributed by atoms with Crippen LogP contribution in [0.4, 0.5) is 5.69 Å². The summed E-state index contributed by atoms with van der Waals surface area (Å²) < 4.78 is 0.573. The summed E-state index contributed by atoms with van der Waals surface area (Å²) in [5.41, 5.74) is 0.627. The Morgan fingerprint density at radius 3 is 2.91 bits per heavy atom. The fourth-order valence-corrected chi connectivity index (χ4v) is 1.47. The minimum Gasteiger partial charge on any atom is -0.323 e. The van der Waals surface area contributed by atoms with Crippen LogP contribution < -0.4 is 5.32 Å². The molecule has 0 bridgehead atoms. The van der Waals surface area contributed by atoms with Gasteiger partial charge in [-0.15, -0.1) is 22.9 Å². The second kappa shape index (κ2) is 3.95. The fourth-order valence-electron chi connectivity index (χ4n) is 0.565. The zero-order valence-corrected chi connectivity index (χ0v) is 7.76. The van der Waals surface area contributed by atoms with Crippen molar-refractivity contribution < 1.29 is 4.79 Å². The first-order chi connectivity index (χ1) is 5.24. The molecule has 0 unspecified atom stereocenters. The third-order valence-electron chi connectivity index (χ3n) is 1.01. The van der Waals surface area contributed by atoms with Gasteiger partial charge in [-0.3, -0.25) is 4.79 Å². The molecule has 0 aromatic carbocycles. The minimum atomic E-state index is -0.244. The van der Waals surface area contributed by atoms with Crippen molar-refractivity contribution in [2.24, 2.45) is 0 Å². The Kier molecular flexibility index (Phi) is 3.17. The van der Waals surface area contributed by atoms with Crippen LogP contribution in [-0.4, -0.2) is 11.8 Å². The molecule has 0 radical (unpaired) electrons. The summed E-state index contributed by atoms with van der Waals surface area (Å²) in [6.45, 7) is 0. The first kappa shape index (κ1) is 8.84. The zero-order chi connectivity index (χ0) is 8.27. The van der Waals surface area contributed by atoms with Gasteiger partial charge in [0.1, 0.15) is 10.2 Å². The van der Waals surface area contributed by atoms with Crippen molar-refractivity contribution in [3.63, 3.8) is 0 Å². The van der Waals surface area contributed by atoms with Crippen molar-refractivity contribution in [2.75, 3.05) is 11.2 Å². The van der Waals surface area contributed by atoms with Crippen molar-refractivity contribution in [2.45, 2.75) is 0 Å². The first-order valence-corrected chi connectivity index (χ1v) is 4.62. The summed E-state index contributed by atoms with van der Waals surface area (Å²) in [6, 6.07) is 1.73. The van der Waals surface area contributed by atoms with E-state index < -0.39 is 0 Å². The van der Waals surface area contributed by atoms with Crippen LogP contribution in [0.15, 0.2) is 11.4 Å². The third-order valence-corrected chi connectivity index (χ3v) is 2.43. The molecule has 1 aromatic rings. The number of thiophene rings is 1. The predicted octanol–water partition coefficient (Wildman–Crippen LogP) is 2.58. The van der Waals surface area contributed by atoms with Gasteiger partial charge in [0.25, 0.3) is 0 Å². The van der Waals surface area contributed by atoms with E-state index in [2.05, 4.69) is 5.32 Å². The van der Waals surface area contributed by atoms with Gasteiger partial charge < -0.3 is 5.32 Å². The normalized spacial score (nSPS) is 9.64. The van der Waals surface area contributed by atoms with Crippen molar-refractivity contribution in [1.29, 1.82) is 0 Å². The zero-order valence-electron chi connectivity index (χ0n) is 5.43. The second-order valence-corrected chi connectivity index (χ2v) is 3.58. The highest BCUT2D eigenvalue weighted by Crippen LogP contribution is 2.27. The van der Waals surface area contributed by atoms with Crippen LogP contribution in [0.2, 0.25) is 4.34 Å². The van der Waals surface area contributed by atoms with E-state index >= 15 is 0 Å². The molecule has 1 heterocycles. The molecule has 2 nitrogen and oxygen atoms in total. The summed E-state index contributed by atoms with van der Waals surface area (Å²) in [5, 5.41) is 4.35. The van der Waals surface area contributed by atoms with E-state index in [0.29, 0.717) is 10.0 Å². The molecule has 5 heteroatoms. The molecular formula is C6H5Cl2NOS. The molecule has 0 atom stereocenters. The summed E-state index contributed by atoms with van der Waals surface area (Å²) >= 11 is 12.3. The Balaban J connectivity index is 2.64. The highest BCUT2D eigenvalue weighted by atomic mass is 35.5. The third kappa shape index (κ3) is 2.36. The Bertz CT molecular complexity index is 261. The molecule has 0 aliphatic carbocycles. The van der Waals surface area contributed by atoms with E-state index in [1.807, 2.05) is 0 Å². The molecule has 0 aliphatic heterocycles. The van der Waals surface area contributed by atoms with E-state index in [0.717, 1.165) is 0 Å². The molecule has 60 valence electrons. The molecular weight excluding hydrogens is 205 g/mol. The van der Waals surface area contributed by atoms with Gasteiger partial charge in [0, 0.05) is 0 Å². The molecule has 0 spiro atoms. The average molecular weight is 210 g/mol. The molecule has 0 aliphatic rings. The lowest BCUT2D eigenvalue weighted by Crippen LogP contribution is -2.11. The van der Waals surface area contributed by atoms with Crippen LogP contribution in [-0.2, 0) is 4.79 Å². The molecule has 0 saturated carbocycles. The van der Waals surface area contributed by atoms with Gasteiger partial charge in [0.05, 0.1) is 5.69 Å². The lowest BCUT2D eigenvalue weighted by molar-refractivity contribution is -0.113. The molecule has 11 heavy (non-hydrogen) atoms. The number of halogens is 2. The van der Waals surface area contributed by atoms with Crippen LogP contribution in [0.3, 0.4) is 0 Å². The Morgan fingerprint density at radius 1 is 1.73 bits per heavy atom. The lowest BCUT2D eigenvalue weighted by Gasteiger charge is -1.98. The predicted molar refractivity (Wildman–Crippen MR) is 48.7 cm³/mol. The van der Waals surface area contributed by atoms with Crippen LogP contribution in [0.5, 0.6) is 0 Å². The highest BCUT2D eigenvalue weighted by molar-refractivity contribution is 7.15. The van der Waals surface area contributed by atoms with Crippen molar-refractivity contribution in [3.05, 3.63) is 15.8 Å². The maximum atomic E-state index is 10.7. The van der Waals surface area contributed by atoms with E-state index in [-0.39, 0.29) is 11.8 Å².